The third kappa shape index (κ3) is 2.14. The molecular weight excluding hydrogens is 340 g/mol. The molecule has 0 aliphatic carbocycles. The van der Waals surface area contributed by atoms with Crippen LogP contribution in [0.15, 0.2) is 80.4 Å². The maximum atomic E-state index is 12.3. The molecule has 2 nitrogen and oxygen atoms in total. The van der Waals surface area contributed by atoms with Crippen LogP contribution in [0.3, 0.4) is 0 Å². The smallest absolute Gasteiger partial charge is 0.344 e. The van der Waals surface area contributed by atoms with E-state index in [1.807, 2.05) is 60.7 Å². The second-order valence-corrected chi connectivity index (χ2v) is 6.07. The predicted molar refractivity (Wildman–Crippen MR) is 93.1 cm³/mol. The lowest BCUT2D eigenvalue weighted by Gasteiger charge is -2.06. The molecule has 0 N–H and O–H groups in total. The molecule has 0 saturated carbocycles. The predicted octanol–water partition coefficient (Wildman–Crippen LogP) is 5.38. The maximum Gasteiger partial charge on any atom is 0.344 e. The second kappa shape index (κ2) is 5.11. The van der Waals surface area contributed by atoms with E-state index < -0.39 is 0 Å². The van der Waals surface area contributed by atoms with E-state index in [-0.39, 0.29) is 5.63 Å². The van der Waals surface area contributed by atoms with Crippen molar-refractivity contribution in [2.24, 2.45) is 0 Å². The monoisotopic (exact) mass is 350 g/mol. The lowest BCUT2D eigenvalue weighted by Crippen LogP contribution is -2.02. The van der Waals surface area contributed by atoms with Crippen LogP contribution in [0.2, 0.25) is 0 Å². The van der Waals surface area contributed by atoms with Crippen LogP contribution in [-0.2, 0) is 0 Å². The van der Waals surface area contributed by atoms with Gasteiger partial charge in [0.2, 0.25) is 0 Å². The minimum absolute atomic E-state index is 0.315. The number of hydrogen-bond donors (Lipinski definition) is 0. The summed E-state index contributed by atoms with van der Waals surface area (Å²) in [5, 5.41) is 3.17. The largest absolute Gasteiger partial charge is 0.422 e. The zero-order valence-corrected chi connectivity index (χ0v) is 13.1. The first-order valence-electron chi connectivity index (χ1n) is 6.94. The summed E-state index contributed by atoms with van der Waals surface area (Å²) in [6, 6.07) is 21.5. The van der Waals surface area contributed by atoms with E-state index >= 15 is 0 Å². The minimum Gasteiger partial charge on any atom is -0.422 e. The van der Waals surface area contributed by atoms with Gasteiger partial charge in [0.1, 0.15) is 5.58 Å². The average molecular weight is 351 g/mol. The van der Waals surface area contributed by atoms with E-state index in [1.165, 1.54) is 0 Å². The molecule has 0 radical (unpaired) electrons. The van der Waals surface area contributed by atoms with Gasteiger partial charge in [-0.15, -0.1) is 0 Å². The quantitative estimate of drug-likeness (QED) is 0.341. The van der Waals surface area contributed by atoms with Gasteiger partial charge in [0.15, 0.2) is 0 Å². The highest BCUT2D eigenvalue weighted by Gasteiger charge is 2.09. The van der Waals surface area contributed by atoms with Crippen molar-refractivity contribution in [1.82, 2.24) is 0 Å². The standard InChI is InChI=1S/C19H11BrO2/c20-14-8-5-13(6-9-14)16-11-17-15-4-2-1-3-12(15)7-10-18(17)22-19(16)21/h1-11H. The van der Waals surface area contributed by atoms with Gasteiger partial charge >= 0.3 is 5.63 Å². The lowest BCUT2D eigenvalue weighted by molar-refractivity contribution is 0.564. The molecule has 0 aliphatic rings. The first-order valence-corrected chi connectivity index (χ1v) is 7.73. The molecular formula is C19H11BrO2. The van der Waals surface area contributed by atoms with Crippen molar-refractivity contribution in [3.63, 3.8) is 0 Å². The van der Waals surface area contributed by atoms with Crippen molar-refractivity contribution in [2.45, 2.75) is 0 Å². The van der Waals surface area contributed by atoms with Crippen molar-refractivity contribution in [2.75, 3.05) is 0 Å². The van der Waals surface area contributed by atoms with Gasteiger partial charge in [-0.05, 0) is 40.6 Å². The fourth-order valence-corrected chi connectivity index (χ4v) is 2.97. The van der Waals surface area contributed by atoms with Crippen LogP contribution < -0.4 is 5.63 Å². The normalized spacial score (nSPS) is 11.1. The molecule has 22 heavy (non-hydrogen) atoms. The Labute approximate surface area is 135 Å². The fourth-order valence-electron chi connectivity index (χ4n) is 2.70. The number of benzene rings is 3. The van der Waals surface area contributed by atoms with Gasteiger partial charge in [-0.25, -0.2) is 4.79 Å². The second-order valence-electron chi connectivity index (χ2n) is 5.15. The van der Waals surface area contributed by atoms with E-state index in [9.17, 15) is 4.79 Å². The number of rotatable bonds is 1. The van der Waals surface area contributed by atoms with Crippen LogP contribution >= 0.6 is 15.9 Å². The van der Waals surface area contributed by atoms with Crippen LogP contribution in [0.4, 0.5) is 0 Å². The van der Waals surface area contributed by atoms with Crippen LogP contribution in [0.25, 0.3) is 32.9 Å². The first-order chi connectivity index (χ1) is 10.7. The van der Waals surface area contributed by atoms with Crippen LogP contribution in [0, 0.1) is 0 Å². The molecule has 0 fully saturated rings. The van der Waals surface area contributed by atoms with Gasteiger partial charge in [-0.3, -0.25) is 0 Å². The van der Waals surface area contributed by atoms with Crippen LogP contribution in [0.5, 0.6) is 0 Å². The summed E-state index contributed by atoms with van der Waals surface area (Å²) in [6.07, 6.45) is 0. The highest BCUT2D eigenvalue weighted by molar-refractivity contribution is 9.10. The Morgan fingerprint density at radius 3 is 2.41 bits per heavy atom. The zero-order chi connectivity index (χ0) is 15.1. The van der Waals surface area contributed by atoms with Gasteiger partial charge in [-0.2, -0.15) is 0 Å². The van der Waals surface area contributed by atoms with Gasteiger partial charge in [-0.1, -0.05) is 58.4 Å². The first kappa shape index (κ1) is 13.3. The van der Waals surface area contributed by atoms with E-state index in [0.717, 1.165) is 26.2 Å². The summed E-state index contributed by atoms with van der Waals surface area (Å²) < 4.78 is 6.50. The Balaban J connectivity index is 2.07. The summed E-state index contributed by atoms with van der Waals surface area (Å²) >= 11 is 3.41. The SMILES string of the molecule is O=c1oc2ccc3ccccc3c2cc1-c1ccc(Br)cc1. The molecule has 0 atom stereocenters. The number of fused-ring (bicyclic) bond motifs is 3. The average Bonchev–Trinajstić information content (AvgIpc) is 2.55. The van der Waals surface area contributed by atoms with Gasteiger partial charge in [0.05, 0.1) is 5.56 Å². The Kier molecular flexibility index (Phi) is 3.09. The molecule has 0 saturated heterocycles. The van der Waals surface area contributed by atoms with Gasteiger partial charge < -0.3 is 4.42 Å². The maximum absolute atomic E-state index is 12.3. The molecule has 1 heterocycles. The Morgan fingerprint density at radius 1 is 0.818 bits per heavy atom. The molecule has 4 rings (SSSR count). The third-order valence-electron chi connectivity index (χ3n) is 3.80. The summed E-state index contributed by atoms with van der Waals surface area (Å²) in [5.74, 6) is 0. The van der Waals surface area contributed by atoms with E-state index in [2.05, 4.69) is 22.0 Å². The zero-order valence-electron chi connectivity index (χ0n) is 11.5. The lowest BCUT2D eigenvalue weighted by atomic mass is 10.0. The molecule has 0 bridgehead atoms. The Morgan fingerprint density at radius 2 is 1.59 bits per heavy atom. The fraction of sp³-hybridized carbons (Fsp3) is 0. The van der Waals surface area contributed by atoms with E-state index in [4.69, 9.17) is 4.42 Å². The van der Waals surface area contributed by atoms with Crippen molar-refractivity contribution < 1.29 is 4.42 Å². The molecule has 0 amide bonds. The third-order valence-corrected chi connectivity index (χ3v) is 4.33. The molecule has 106 valence electrons. The highest BCUT2D eigenvalue weighted by atomic mass is 79.9. The summed E-state index contributed by atoms with van der Waals surface area (Å²) in [4.78, 5) is 12.3. The minimum atomic E-state index is -0.315. The van der Waals surface area contributed by atoms with Crippen LogP contribution in [0.1, 0.15) is 0 Å². The molecule has 0 unspecified atom stereocenters. The Hall–Kier alpha value is -2.39. The van der Waals surface area contributed by atoms with Crippen molar-refractivity contribution in [1.29, 1.82) is 0 Å². The summed E-state index contributed by atoms with van der Waals surface area (Å²) in [7, 11) is 0. The molecule has 0 aliphatic heterocycles. The summed E-state index contributed by atoms with van der Waals surface area (Å²) in [6.45, 7) is 0. The van der Waals surface area contributed by atoms with E-state index in [0.29, 0.717) is 11.1 Å². The molecule has 4 aromatic rings. The molecule has 1 aromatic heterocycles. The van der Waals surface area contributed by atoms with Crippen molar-refractivity contribution in [3.8, 4) is 11.1 Å². The van der Waals surface area contributed by atoms with Crippen molar-refractivity contribution in [3.05, 3.63) is 81.6 Å². The van der Waals surface area contributed by atoms with E-state index in [1.54, 1.807) is 0 Å². The van der Waals surface area contributed by atoms with Gasteiger partial charge in [0, 0.05) is 9.86 Å². The summed E-state index contributed by atoms with van der Waals surface area (Å²) in [5.41, 5.74) is 1.73. The van der Waals surface area contributed by atoms with Crippen molar-refractivity contribution >= 4 is 37.7 Å². The molecule has 3 aromatic carbocycles. The Bertz CT molecular complexity index is 1050. The van der Waals surface area contributed by atoms with Crippen LogP contribution in [-0.4, -0.2) is 0 Å². The number of hydrogen-bond acceptors (Lipinski definition) is 2. The topological polar surface area (TPSA) is 30.2 Å². The molecule has 3 heteroatoms. The highest BCUT2D eigenvalue weighted by Crippen LogP contribution is 2.28. The molecule has 0 spiro atoms. The van der Waals surface area contributed by atoms with Gasteiger partial charge in [0.25, 0.3) is 0 Å². The number of halogens is 1.